The van der Waals surface area contributed by atoms with Crippen LogP contribution in [0.4, 0.5) is 18.9 Å². The van der Waals surface area contributed by atoms with Gasteiger partial charge in [0.05, 0.1) is 38.7 Å². The lowest BCUT2D eigenvalue weighted by atomic mass is 9.80. The van der Waals surface area contributed by atoms with Gasteiger partial charge in [-0.1, -0.05) is 54.6 Å². The number of ether oxygens (including phenoxy) is 4. The van der Waals surface area contributed by atoms with Gasteiger partial charge in [-0.05, 0) is 77.6 Å². The lowest BCUT2D eigenvalue weighted by Crippen LogP contribution is -2.38. The average molecular weight is 796 g/mol. The largest absolute Gasteiger partial charge is 0.497 e. The van der Waals surface area contributed by atoms with Crippen molar-refractivity contribution in [2.75, 3.05) is 38.3 Å². The van der Waals surface area contributed by atoms with Crippen molar-refractivity contribution in [3.05, 3.63) is 126 Å². The van der Waals surface area contributed by atoms with Gasteiger partial charge in [-0.3, -0.25) is 9.52 Å². The summed E-state index contributed by atoms with van der Waals surface area (Å²) in [6, 6.07) is 30.0. The van der Waals surface area contributed by atoms with E-state index in [0.29, 0.717) is 40.9 Å². The first-order valence-electron chi connectivity index (χ1n) is 18.0. The maximum Gasteiger partial charge on any atom is 0.397 e. The number of methoxy groups -OCH3 is 2. The van der Waals surface area contributed by atoms with Crippen molar-refractivity contribution in [3.8, 4) is 11.5 Å². The first-order chi connectivity index (χ1) is 26.7. The van der Waals surface area contributed by atoms with Crippen molar-refractivity contribution >= 4 is 32.5 Å². The zero-order valence-electron chi connectivity index (χ0n) is 31.1. The van der Waals surface area contributed by atoms with E-state index in [9.17, 15) is 31.5 Å². The molecule has 3 N–H and O–H groups in total. The van der Waals surface area contributed by atoms with E-state index >= 15 is 0 Å². The number of sulfonamides is 1. The summed E-state index contributed by atoms with van der Waals surface area (Å²) in [6.07, 6.45) is -4.78. The minimum absolute atomic E-state index is 0.00643. The molecule has 2 heterocycles. The number of aliphatic hydroxyl groups excluding tert-OH is 1. The van der Waals surface area contributed by atoms with Crippen molar-refractivity contribution in [2.24, 2.45) is 0 Å². The smallest absolute Gasteiger partial charge is 0.397 e. The molecule has 1 aliphatic heterocycles. The Morgan fingerprint density at radius 2 is 1.52 bits per heavy atom. The molecule has 298 valence electrons. The molecule has 1 amide bonds. The van der Waals surface area contributed by atoms with Crippen LogP contribution < -0.4 is 19.5 Å². The van der Waals surface area contributed by atoms with Crippen molar-refractivity contribution in [2.45, 2.75) is 55.9 Å². The summed E-state index contributed by atoms with van der Waals surface area (Å²) < 4.78 is 90.8. The van der Waals surface area contributed by atoms with E-state index in [1.165, 1.54) is 0 Å². The number of hydrogen-bond donors (Lipinski definition) is 3. The van der Waals surface area contributed by atoms with Crippen molar-refractivity contribution in [1.29, 1.82) is 0 Å². The topological polar surface area (TPSA) is 137 Å². The number of halogens is 3. The van der Waals surface area contributed by atoms with E-state index in [0.717, 1.165) is 28.5 Å². The molecule has 0 saturated carbocycles. The minimum atomic E-state index is -4.61. The van der Waals surface area contributed by atoms with Crippen LogP contribution in [0.2, 0.25) is 0 Å². The Kier molecular flexibility index (Phi) is 12.3. The summed E-state index contributed by atoms with van der Waals surface area (Å²) in [5.41, 5.74) is 3.09. The Morgan fingerprint density at radius 3 is 2.09 bits per heavy atom. The molecule has 3 atom stereocenters. The molecule has 6 rings (SSSR count). The van der Waals surface area contributed by atoms with Gasteiger partial charge in [-0.2, -0.15) is 13.2 Å². The predicted molar refractivity (Wildman–Crippen MR) is 205 cm³/mol. The number of benzene rings is 4. The number of aromatic nitrogens is 1. The van der Waals surface area contributed by atoms with Gasteiger partial charge >= 0.3 is 6.18 Å². The van der Waals surface area contributed by atoms with Gasteiger partial charge in [0.2, 0.25) is 15.9 Å². The fraction of sp³-hybridized carbons (Fsp3) is 0.341. The monoisotopic (exact) mass is 795 g/mol. The maximum absolute atomic E-state index is 12.6. The molecule has 11 nitrogen and oxygen atoms in total. The van der Waals surface area contributed by atoms with Crippen LogP contribution in [0, 0.1) is 0 Å². The number of carbonyl (C=O) groups excluding carboxylic acids is 1. The zero-order valence-corrected chi connectivity index (χ0v) is 31.9. The zero-order chi connectivity index (χ0) is 40.1. The molecule has 4 aromatic carbocycles. The quantitative estimate of drug-likeness (QED) is 0.0743. The highest BCUT2D eigenvalue weighted by molar-refractivity contribution is 7.92. The standard InChI is InChI=1S/C41H44F3N3O8S/c1-52-32-16-11-29(12-17-32)41(28-9-5-4-6-10-28,30-13-18-33(53-2)19-14-30)54-26-37-36(48)23-39(55-37)47-25-27(8-7-21-45-38(49)24-40(42,43)44)34-22-31(15-20-35(34)47)46-56(3,50)51/h4-6,9-20,22,25,36-37,39,46,48H,7-8,21,23-24,26H2,1-3H3,(H,45,49). The molecule has 56 heavy (non-hydrogen) atoms. The van der Waals surface area contributed by atoms with Gasteiger partial charge in [-0.15, -0.1) is 0 Å². The highest BCUT2D eigenvalue weighted by Gasteiger charge is 2.42. The fourth-order valence-corrected chi connectivity index (χ4v) is 7.66. The Hall–Kier alpha value is -5.09. The molecule has 1 aromatic heterocycles. The Labute approximate surface area is 323 Å². The van der Waals surface area contributed by atoms with E-state index in [-0.39, 0.29) is 19.6 Å². The highest BCUT2D eigenvalue weighted by Crippen LogP contribution is 2.43. The number of alkyl halides is 3. The first-order valence-corrected chi connectivity index (χ1v) is 19.8. The van der Waals surface area contributed by atoms with Gasteiger partial charge in [-0.25, -0.2) is 8.42 Å². The third kappa shape index (κ3) is 9.46. The van der Waals surface area contributed by atoms with Gasteiger partial charge < -0.3 is 33.9 Å². The number of anilines is 1. The van der Waals surface area contributed by atoms with Crippen molar-refractivity contribution in [1.82, 2.24) is 9.88 Å². The highest BCUT2D eigenvalue weighted by atomic mass is 32.2. The number of nitrogens with one attached hydrogen (secondary N) is 2. The second kappa shape index (κ2) is 17.0. The second-order valence-corrected chi connectivity index (χ2v) is 15.4. The third-order valence-corrected chi connectivity index (χ3v) is 10.3. The van der Waals surface area contributed by atoms with Crippen LogP contribution in [0.1, 0.15) is 47.7 Å². The van der Waals surface area contributed by atoms with E-state index in [1.54, 1.807) is 32.4 Å². The van der Waals surface area contributed by atoms with Gasteiger partial charge in [0.1, 0.15) is 35.9 Å². The number of aryl methyl sites for hydroxylation is 1. The van der Waals surface area contributed by atoms with E-state index in [2.05, 4.69) is 10.0 Å². The Bertz CT molecular complexity index is 2170. The van der Waals surface area contributed by atoms with Crippen LogP contribution in [0.3, 0.4) is 0 Å². The van der Waals surface area contributed by atoms with Gasteiger partial charge in [0.25, 0.3) is 0 Å². The average Bonchev–Trinajstić information content (AvgIpc) is 3.72. The van der Waals surface area contributed by atoms with Crippen LogP contribution in [0.25, 0.3) is 10.9 Å². The third-order valence-electron chi connectivity index (χ3n) is 9.68. The van der Waals surface area contributed by atoms with Crippen LogP contribution in [-0.2, 0) is 36.3 Å². The summed E-state index contributed by atoms with van der Waals surface area (Å²) >= 11 is 0. The minimum Gasteiger partial charge on any atom is -0.497 e. The summed E-state index contributed by atoms with van der Waals surface area (Å²) in [4.78, 5) is 11.7. The normalized spacial score (nSPS) is 17.5. The predicted octanol–water partition coefficient (Wildman–Crippen LogP) is 6.69. The molecule has 1 fully saturated rings. The number of rotatable bonds is 16. The summed E-state index contributed by atoms with van der Waals surface area (Å²) in [7, 11) is -0.401. The van der Waals surface area contributed by atoms with Crippen molar-refractivity contribution < 1.29 is 50.4 Å². The molecular weight excluding hydrogens is 752 g/mol. The number of carbonyl (C=O) groups is 1. The number of fused-ring (bicyclic) bond motifs is 1. The molecule has 0 spiro atoms. The molecular formula is C41H44F3N3O8S. The van der Waals surface area contributed by atoms with Crippen LogP contribution >= 0.6 is 0 Å². The van der Waals surface area contributed by atoms with E-state index in [1.807, 2.05) is 89.6 Å². The van der Waals surface area contributed by atoms with Crippen LogP contribution in [-0.4, -0.2) is 76.0 Å². The SMILES string of the molecule is COc1ccc(C(OCC2OC(n3cc(CCCNC(=O)CC(F)(F)F)c4cc(NS(C)(=O)=O)ccc43)CC2O)(c2ccccc2)c2ccc(OC)cc2)cc1. The van der Waals surface area contributed by atoms with Gasteiger partial charge in [0.15, 0.2) is 0 Å². The molecule has 1 saturated heterocycles. The number of amides is 1. The molecule has 15 heteroatoms. The van der Waals surface area contributed by atoms with E-state index < -0.39 is 52.6 Å². The molecule has 5 aromatic rings. The fourth-order valence-electron chi connectivity index (χ4n) is 7.11. The molecule has 1 aliphatic rings. The van der Waals surface area contributed by atoms with Crippen LogP contribution in [0.15, 0.2) is 103 Å². The second-order valence-electron chi connectivity index (χ2n) is 13.7. The summed E-state index contributed by atoms with van der Waals surface area (Å²) in [6.45, 7) is -0.0107. The summed E-state index contributed by atoms with van der Waals surface area (Å²) in [5, 5.41) is 14.5. The first kappa shape index (κ1) is 40.6. The molecule has 0 aliphatic carbocycles. The van der Waals surface area contributed by atoms with E-state index in [4.69, 9.17) is 18.9 Å². The van der Waals surface area contributed by atoms with Crippen molar-refractivity contribution in [3.63, 3.8) is 0 Å². The van der Waals surface area contributed by atoms with Gasteiger partial charge in [0, 0.05) is 30.2 Å². The molecule has 0 radical (unpaired) electrons. The molecule has 0 bridgehead atoms. The number of nitrogens with zero attached hydrogens (tertiary/aromatic N) is 1. The Balaban J connectivity index is 1.29. The molecule has 3 unspecified atom stereocenters. The lowest BCUT2D eigenvalue weighted by Gasteiger charge is -2.37. The summed E-state index contributed by atoms with van der Waals surface area (Å²) in [5.74, 6) is 0.231. The van der Waals surface area contributed by atoms with Crippen LogP contribution in [0.5, 0.6) is 11.5 Å². The maximum atomic E-state index is 12.6. The number of hydrogen-bond acceptors (Lipinski definition) is 8. The Morgan fingerprint density at radius 1 is 0.911 bits per heavy atom. The number of aliphatic hydroxyl groups is 1. The lowest BCUT2D eigenvalue weighted by molar-refractivity contribution is -0.153.